The summed E-state index contributed by atoms with van der Waals surface area (Å²) in [6, 6.07) is 12.0. The molecule has 0 saturated carbocycles. The highest BCUT2D eigenvalue weighted by molar-refractivity contribution is 5.96. The third-order valence-corrected chi connectivity index (χ3v) is 6.38. The van der Waals surface area contributed by atoms with Crippen molar-refractivity contribution in [2.75, 3.05) is 13.1 Å². The Morgan fingerprint density at radius 1 is 1.05 bits per heavy atom. The van der Waals surface area contributed by atoms with E-state index in [2.05, 4.69) is 66.7 Å². The molecule has 0 aliphatic carbocycles. The van der Waals surface area contributed by atoms with Crippen molar-refractivity contribution in [2.24, 2.45) is 0 Å². The molecule has 4 heterocycles. The Balaban J connectivity index is 1.38. The number of hydrogen-bond donors (Lipinski definition) is 4. The molecule has 5 rings (SSSR count). The van der Waals surface area contributed by atoms with Crippen LogP contribution in [0.25, 0.3) is 33.5 Å². The normalized spacial score (nSPS) is 11.2. The summed E-state index contributed by atoms with van der Waals surface area (Å²) in [6.07, 6.45) is 8.72. The maximum absolute atomic E-state index is 12.7. The fourth-order valence-corrected chi connectivity index (χ4v) is 4.47. The van der Waals surface area contributed by atoms with Crippen LogP contribution in [0.1, 0.15) is 41.2 Å². The third-order valence-electron chi connectivity index (χ3n) is 6.38. The number of carbonyl (C=O) groups is 1. The summed E-state index contributed by atoms with van der Waals surface area (Å²) in [5.41, 5.74) is 7.54. The van der Waals surface area contributed by atoms with Crippen molar-refractivity contribution in [1.82, 2.24) is 40.8 Å². The SMILES string of the molecule is CCNCc1cncc(-c2ccc3[nH]nc(-c4ncc(C(=O)NCCc5ccccn5)[nH]4)c3c2)c1CC. The first-order valence-corrected chi connectivity index (χ1v) is 12.6. The average molecular weight is 495 g/mol. The first kappa shape index (κ1) is 24.3. The van der Waals surface area contributed by atoms with E-state index < -0.39 is 0 Å². The molecule has 1 amide bonds. The van der Waals surface area contributed by atoms with Crippen LogP contribution in [0.2, 0.25) is 0 Å². The standard InChI is InChI=1S/C28H30N8O/c1-3-21-19(14-29-4-2)15-30-16-23(21)18-8-9-24-22(13-18)26(36-35-24)27-33-17-25(34-27)28(37)32-12-10-20-7-5-6-11-31-20/h5-9,11,13,15-17,29H,3-4,10,12,14H2,1-2H3,(H,32,37)(H,33,34)(H,35,36). The number of imidazole rings is 1. The van der Waals surface area contributed by atoms with Gasteiger partial charge in [-0.3, -0.25) is 19.9 Å². The fourth-order valence-electron chi connectivity index (χ4n) is 4.47. The van der Waals surface area contributed by atoms with Gasteiger partial charge in [0.25, 0.3) is 5.91 Å². The number of hydrogen-bond acceptors (Lipinski definition) is 6. The van der Waals surface area contributed by atoms with Gasteiger partial charge in [0, 0.05) is 54.7 Å². The molecule has 0 spiro atoms. The molecule has 188 valence electrons. The smallest absolute Gasteiger partial charge is 0.269 e. The molecule has 4 N–H and O–H groups in total. The van der Waals surface area contributed by atoms with Crippen LogP contribution in [0.4, 0.5) is 0 Å². The second-order valence-corrected chi connectivity index (χ2v) is 8.76. The van der Waals surface area contributed by atoms with Crippen molar-refractivity contribution >= 4 is 16.8 Å². The number of carbonyl (C=O) groups excluding carboxylic acids is 1. The molecular weight excluding hydrogens is 464 g/mol. The lowest BCUT2D eigenvalue weighted by molar-refractivity contribution is 0.0949. The van der Waals surface area contributed by atoms with E-state index in [1.165, 1.54) is 11.1 Å². The number of aromatic nitrogens is 6. The quantitative estimate of drug-likeness (QED) is 0.232. The molecule has 0 unspecified atom stereocenters. The second-order valence-electron chi connectivity index (χ2n) is 8.76. The van der Waals surface area contributed by atoms with Crippen molar-refractivity contribution in [2.45, 2.75) is 33.2 Å². The van der Waals surface area contributed by atoms with E-state index in [1.54, 1.807) is 12.4 Å². The summed E-state index contributed by atoms with van der Waals surface area (Å²) in [7, 11) is 0. The molecule has 5 aromatic rings. The lowest BCUT2D eigenvalue weighted by atomic mass is 9.95. The molecule has 9 heteroatoms. The molecule has 37 heavy (non-hydrogen) atoms. The predicted molar refractivity (Wildman–Crippen MR) is 144 cm³/mol. The van der Waals surface area contributed by atoms with Crippen LogP contribution in [0.3, 0.4) is 0 Å². The van der Waals surface area contributed by atoms with Crippen molar-refractivity contribution in [3.8, 4) is 22.6 Å². The molecule has 0 radical (unpaired) electrons. The summed E-state index contributed by atoms with van der Waals surface area (Å²) in [5, 5.41) is 14.8. The Kier molecular flexibility index (Phi) is 7.32. The summed E-state index contributed by atoms with van der Waals surface area (Å²) in [4.78, 5) is 29.0. The zero-order valence-corrected chi connectivity index (χ0v) is 21.0. The van der Waals surface area contributed by atoms with E-state index in [-0.39, 0.29) is 5.91 Å². The van der Waals surface area contributed by atoms with Crippen LogP contribution in [0.5, 0.6) is 0 Å². The van der Waals surface area contributed by atoms with E-state index in [1.807, 2.05) is 36.7 Å². The van der Waals surface area contributed by atoms with Crippen LogP contribution < -0.4 is 10.6 Å². The number of H-pyrrole nitrogens is 2. The lowest BCUT2D eigenvalue weighted by Gasteiger charge is -2.13. The number of rotatable bonds is 10. The Morgan fingerprint density at radius 3 is 2.78 bits per heavy atom. The summed E-state index contributed by atoms with van der Waals surface area (Å²) in [6.45, 7) is 6.45. The molecule has 9 nitrogen and oxygen atoms in total. The number of nitrogens with one attached hydrogen (secondary N) is 4. The largest absolute Gasteiger partial charge is 0.350 e. The Labute approximate surface area is 215 Å². The van der Waals surface area contributed by atoms with Gasteiger partial charge in [0.15, 0.2) is 5.82 Å². The minimum absolute atomic E-state index is 0.216. The van der Waals surface area contributed by atoms with Crippen molar-refractivity contribution in [3.63, 3.8) is 0 Å². The predicted octanol–water partition coefficient (Wildman–Crippen LogP) is 4.05. The Hall–Kier alpha value is -4.37. The molecule has 4 aromatic heterocycles. The van der Waals surface area contributed by atoms with E-state index in [0.717, 1.165) is 47.2 Å². The molecule has 0 bridgehead atoms. The highest BCUT2D eigenvalue weighted by Gasteiger charge is 2.17. The molecule has 0 atom stereocenters. The zero-order valence-electron chi connectivity index (χ0n) is 21.0. The first-order chi connectivity index (χ1) is 18.2. The van der Waals surface area contributed by atoms with E-state index >= 15 is 0 Å². The monoisotopic (exact) mass is 494 g/mol. The van der Waals surface area contributed by atoms with Crippen LogP contribution in [-0.2, 0) is 19.4 Å². The van der Waals surface area contributed by atoms with Crippen LogP contribution in [0.15, 0.2) is 61.2 Å². The van der Waals surface area contributed by atoms with Crippen LogP contribution >= 0.6 is 0 Å². The Morgan fingerprint density at radius 2 is 1.97 bits per heavy atom. The maximum Gasteiger partial charge on any atom is 0.269 e. The van der Waals surface area contributed by atoms with Gasteiger partial charge in [-0.25, -0.2) is 4.98 Å². The van der Waals surface area contributed by atoms with Crippen molar-refractivity contribution in [3.05, 3.63) is 83.7 Å². The summed E-state index contributed by atoms with van der Waals surface area (Å²) in [5.74, 6) is 0.319. The molecule has 1 aromatic carbocycles. The summed E-state index contributed by atoms with van der Waals surface area (Å²) >= 11 is 0. The zero-order chi connectivity index (χ0) is 25.6. The minimum atomic E-state index is -0.216. The highest BCUT2D eigenvalue weighted by Crippen LogP contribution is 2.32. The molecule has 0 saturated heterocycles. The number of pyridine rings is 2. The maximum atomic E-state index is 12.7. The molecule has 0 fully saturated rings. The highest BCUT2D eigenvalue weighted by atomic mass is 16.1. The van der Waals surface area contributed by atoms with Crippen molar-refractivity contribution in [1.29, 1.82) is 0 Å². The van der Waals surface area contributed by atoms with Gasteiger partial charge in [-0.1, -0.05) is 26.0 Å². The number of amides is 1. The topological polar surface area (TPSA) is 124 Å². The van der Waals surface area contributed by atoms with Crippen molar-refractivity contribution < 1.29 is 4.79 Å². The van der Waals surface area contributed by atoms with Gasteiger partial charge in [-0.2, -0.15) is 5.10 Å². The van der Waals surface area contributed by atoms with E-state index in [4.69, 9.17) is 0 Å². The van der Waals surface area contributed by atoms with Gasteiger partial charge in [-0.15, -0.1) is 0 Å². The van der Waals surface area contributed by atoms with Gasteiger partial charge in [0.05, 0.1) is 11.7 Å². The third kappa shape index (κ3) is 5.26. The fraction of sp³-hybridized carbons (Fsp3) is 0.250. The molecular formula is C28H30N8O. The van der Waals surface area contributed by atoms with Gasteiger partial charge in [0.1, 0.15) is 11.4 Å². The average Bonchev–Trinajstić information content (AvgIpc) is 3.59. The number of aromatic amines is 2. The van der Waals surface area contributed by atoms with Gasteiger partial charge < -0.3 is 15.6 Å². The molecule has 0 aliphatic heterocycles. The first-order valence-electron chi connectivity index (χ1n) is 12.6. The minimum Gasteiger partial charge on any atom is -0.350 e. The van der Waals surface area contributed by atoms with E-state index in [0.29, 0.717) is 30.2 Å². The van der Waals surface area contributed by atoms with Gasteiger partial charge in [-0.05, 0) is 53.9 Å². The van der Waals surface area contributed by atoms with Gasteiger partial charge in [0.2, 0.25) is 0 Å². The Bertz CT molecular complexity index is 1510. The van der Waals surface area contributed by atoms with Crippen LogP contribution in [-0.4, -0.2) is 49.1 Å². The van der Waals surface area contributed by atoms with Crippen LogP contribution in [0, 0.1) is 0 Å². The number of benzene rings is 1. The second kappa shape index (κ2) is 11.1. The number of nitrogens with zero attached hydrogens (tertiary/aromatic N) is 4. The number of fused-ring (bicyclic) bond motifs is 1. The van der Waals surface area contributed by atoms with Gasteiger partial charge >= 0.3 is 0 Å². The van der Waals surface area contributed by atoms with E-state index in [9.17, 15) is 4.79 Å². The molecule has 0 aliphatic rings. The lowest BCUT2D eigenvalue weighted by Crippen LogP contribution is -2.26. The summed E-state index contributed by atoms with van der Waals surface area (Å²) < 4.78 is 0.